The molecule has 0 fully saturated rings. The molecular formula is C7H9IS. The number of hydrogen-bond acceptors (Lipinski definition) is 1. The largest absolute Gasteiger partial charge is 0.151 e. The monoisotopic (exact) mass is 252 g/mol. The summed E-state index contributed by atoms with van der Waals surface area (Å²) in [5.74, 6) is 0.683. The Morgan fingerprint density at radius 3 is 2.33 bits per heavy atom. The molecule has 0 nitrogen and oxygen atoms in total. The van der Waals surface area contributed by atoms with Gasteiger partial charge in [-0.15, -0.1) is 0 Å². The van der Waals surface area contributed by atoms with E-state index in [0.717, 1.165) is 0 Å². The van der Waals surface area contributed by atoms with Gasteiger partial charge in [-0.3, -0.25) is 0 Å². The molecule has 0 amide bonds. The van der Waals surface area contributed by atoms with Gasteiger partial charge in [-0.1, -0.05) is 13.8 Å². The summed E-state index contributed by atoms with van der Waals surface area (Å²) in [6.45, 7) is 4.45. The molecule has 0 saturated heterocycles. The number of hydrogen-bond donors (Lipinski definition) is 0. The maximum Gasteiger partial charge on any atom is 0.0271 e. The van der Waals surface area contributed by atoms with Crippen molar-refractivity contribution in [2.45, 2.75) is 19.8 Å². The van der Waals surface area contributed by atoms with E-state index in [2.05, 4.69) is 47.2 Å². The molecule has 0 aliphatic carbocycles. The smallest absolute Gasteiger partial charge is 0.0271 e. The van der Waals surface area contributed by atoms with Crippen molar-refractivity contribution in [2.24, 2.45) is 0 Å². The van der Waals surface area contributed by atoms with Gasteiger partial charge in [-0.25, -0.2) is 0 Å². The van der Waals surface area contributed by atoms with E-state index >= 15 is 0 Å². The van der Waals surface area contributed by atoms with Crippen LogP contribution in [0.3, 0.4) is 0 Å². The highest BCUT2D eigenvalue weighted by atomic mass is 127. The second kappa shape index (κ2) is 3.01. The molecule has 0 bridgehead atoms. The molecule has 0 N–H and O–H groups in total. The zero-order chi connectivity index (χ0) is 6.85. The molecule has 9 heavy (non-hydrogen) atoms. The highest BCUT2D eigenvalue weighted by molar-refractivity contribution is 14.1. The Balaban J connectivity index is 2.94. The van der Waals surface area contributed by atoms with E-state index in [1.54, 1.807) is 11.3 Å². The minimum atomic E-state index is 0.683. The van der Waals surface area contributed by atoms with Crippen LogP contribution in [-0.2, 0) is 0 Å². The van der Waals surface area contributed by atoms with Crippen LogP contribution in [0.5, 0.6) is 0 Å². The van der Waals surface area contributed by atoms with Gasteiger partial charge in [0, 0.05) is 8.95 Å². The van der Waals surface area contributed by atoms with Gasteiger partial charge in [0.1, 0.15) is 0 Å². The first-order chi connectivity index (χ1) is 4.22. The molecule has 0 saturated carbocycles. The topological polar surface area (TPSA) is 0 Å². The zero-order valence-corrected chi connectivity index (χ0v) is 8.49. The molecule has 0 radical (unpaired) electrons. The van der Waals surface area contributed by atoms with E-state index in [1.165, 1.54) is 9.13 Å². The van der Waals surface area contributed by atoms with Crippen molar-refractivity contribution in [3.05, 3.63) is 19.9 Å². The Labute approximate surface area is 73.4 Å². The number of thiophene rings is 1. The lowest BCUT2D eigenvalue weighted by Gasteiger charge is -1.99. The fourth-order valence-electron chi connectivity index (χ4n) is 0.703. The van der Waals surface area contributed by atoms with Gasteiger partial charge in [0.2, 0.25) is 0 Å². The Hall–Kier alpha value is 0.430. The fourth-order valence-corrected chi connectivity index (χ4v) is 3.00. The van der Waals surface area contributed by atoms with Crippen LogP contribution in [0.4, 0.5) is 0 Å². The molecular weight excluding hydrogens is 243 g/mol. The second-order valence-electron chi connectivity index (χ2n) is 2.33. The second-order valence-corrected chi connectivity index (χ2v) is 4.24. The Kier molecular flexibility index (Phi) is 2.52. The van der Waals surface area contributed by atoms with E-state index in [9.17, 15) is 0 Å². The highest BCUT2D eigenvalue weighted by Gasteiger charge is 2.03. The van der Waals surface area contributed by atoms with Gasteiger partial charge in [0.05, 0.1) is 0 Å². The maximum absolute atomic E-state index is 2.38. The molecule has 0 unspecified atom stereocenters. The Morgan fingerprint density at radius 2 is 2.11 bits per heavy atom. The molecule has 0 atom stereocenters. The third kappa shape index (κ3) is 1.67. The van der Waals surface area contributed by atoms with E-state index in [4.69, 9.17) is 0 Å². The van der Waals surface area contributed by atoms with Crippen molar-refractivity contribution in [1.29, 1.82) is 0 Å². The molecule has 1 aromatic heterocycles. The van der Waals surface area contributed by atoms with Gasteiger partial charge in [-0.05, 0) is 39.5 Å². The van der Waals surface area contributed by atoms with Crippen molar-refractivity contribution >= 4 is 33.9 Å². The lowest BCUT2D eigenvalue weighted by atomic mass is 10.1. The predicted molar refractivity (Wildman–Crippen MR) is 51.1 cm³/mol. The van der Waals surface area contributed by atoms with Crippen LogP contribution in [0, 0.1) is 3.57 Å². The van der Waals surface area contributed by atoms with Crippen molar-refractivity contribution < 1.29 is 0 Å². The molecule has 0 aliphatic heterocycles. The summed E-state index contributed by atoms with van der Waals surface area (Å²) in [7, 11) is 0. The standard InChI is InChI=1S/C7H9IS/c1-5(2)6-3-9-4-7(6)8/h3-5H,1-2H3. The van der Waals surface area contributed by atoms with Gasteiger partial charge in [-0.2, -0.15) is 11.3 Å². The average molecular weight is 252 g/mol. The fraction of sp³-hybridized carbons (Fsp3) is 0.429. The summed E-state index contributed by atoms with van der Waals surface area (Å²) in [6, 6.07) is 0. The number of halogens is 1. The first kappa shape index (κ1) is 7.54. The van der Waals surface area contributed by atoms with Gasteiger partial charge in [0.15, 0.2) is 0 Å². The van der Waals surface area contributed by atoms with Crippen LogP contribution in [0.2, 0.25) is 0 Å². The molecule has 1 rings (SSSR count). The summed E-state index contributed by atoms with van der Waals surface area (Å²) in [4.78, 5) is 0. The molecule has 2 heteroatoms. The third-order valence-electron chi connectivity index (χ3n) is 1.26. The summed E-state index contributed by atoms with van der Waals surface area (Å²) < 4.78 is 1.41. The van der Waals surface area contributed by atoms with Crippen LogP contribution < -0.4 is 0 Å². The molecule has 0 aliphatic rings. The van der Waals surface area contributed by atoms with Gasteiger partial charge in [0.25, 0.3) is 0 Å². The first-order valence-corrected chi connectivity index (χ1v) is 4.95. The normalized spacial score (nSPS) is 10.7. The summed E-state index contributed by atoms with van der Waals surface area (Å²) in [6.07, 6.45) is 0. The predicted octanol–water partition coefficient (Wildman–Crippen LogP) is 3.48. The zero-order valence-electron chi connectivity index (χ0n) is 5.52. The maximum atomic E-state index is 2.38. The van der Waals surface area contributed by atoms with Crippen LogP contribution in [0.1, 0.15) is 25.3 Å². The van der Waals surface area contributed by atoms with Crippen LogP contribution in [0.25, 0.3) is 0 Å². The molecule has 0 spiro atoms. The minimum absolute atomic E-state index is 0.683. The van der Waals surface area contributed by atoms with Crippen LogP contribution in [-0.4, -0.2) is 0 Å². The van der Waals surface area contributed by atoms with Gasteiger partial charge < -0.3 is 0 Å². The lowest BCUT2D eigenvalue weighted by Crippen LogP contribution is -1.84. The van der Waals surface area contributed by atoms with Crippen molar-refractivity contribution in [3.63, 3.8) is 0 Å². The molecule has 0 aromatic carbocycles. The third-order valence-corrected chi connectivity index (χ3v) is 3.38. The summed E-state index contributed by atoms with van der Waals surface area (Å²) in [5.41, 5.74) is 1.49. The average Bonchev–Trinajstić information content (AvgIpc) is 2.13. The lowest BCUT2D eigenvalue weighted by molar-refractivity contribution is 0.866. The van der Waals surface area contributed by atoms with E-state index in [0.29, 0.717) is 5.92 Å². The van der Waals surface area contributed by atoms with E-state index in [-0.39, 0.29) is 0 Å². The van der Waals surface area contributed by atoms with Crippen molar-refractivity contribution in [1.82, 2.24) is 0 Å². The quantitative estimate of drug-likeness (QED) is 0.671. The summed E-state index contributed by atoms with van der Waals surface area (Å²) in [5, 5.41) is 4.42. The van der Waals surface area contributed by atoms with E-state index in [1.807, 2.05) is 0 Å². The van der Waals surface area contributed by atoms with Crippen LogP contribution >= 0.6 is 33.9 Å². The minimum Gasteiger partial charge on any atom is -0.151 e. The number of rotatable bonds is 1. The molecule has 1 heterocycles. The Bertz CT molecular complexity index is 191. The van der Waals surface area contributed by atoms with Crippen molar-refractivity contribution in [3.8, 4) is 0 Å². The van der Waals surface area contributed by atoms with Crippen molar-refractivity contribution in [2.75, 3.05) is 0 Å². The molecule has 1 aromatic rings. The van der Waals surface area contributed by atoms with Crippen LogP contribution in [0.15, 0.2) is 10.8 Å². The highest BCUT2D eigenvalue weighted by Crippen LogP contribution is 2.24. The van der Waals surface area contributed by atoms with E-state index < -0.39 is 0 Å². The molecule has 50 valence electrons. The first-order valence-electron chi connectivity index (χ1n) is 2.93. The Morgan fingerprint density at radius 1 is 1.44 bits per heavy atom. The SMILES string of the molecule is CC(C)c1cscc1I. The summed E-state index contributed by atoms with van der Waals surface area (Å²) >= 11 is 4.17. The van der Waals surface area contributed by atoms with Gasteiger partial charge >= 0.3 is 0 Å².